The van der Waals surface area contributed by atoms with E-state index >= 15 is 0 Å². The van der Waals surface area contributed by atoms with Gasteiger partial charge in [0.05, 0.1) is 6.61 Å². The number of hydrogen-bond donors (Lipinski definition) is 1. The molecule has 0 aromatic heterocycles. The minimum absolute atomic E-state index is 0.00777. The summed E-state index contributed by atoms with van der Waals surface area (Å²) < 4.78 is 5.20. The summed E-state index contributed by atoms with van der Waals surface area (Å²) in [6.45, 7) is 2.72. The number of carbonyl (C=O) groups excluding carboxylic acids is 2. The van der Waals surface area contributed by atoms with Crippen LogP contribution in [0.2, 0.25) is 5.02 Å². The molecule has 1 atom stereocenters. The summed E-state index contributed by atoms with van der Waals surface area (Å²) in [6.07, 6.45) is 1.05. The van der Waals surface area contributed by atoms with Gasteiger partial charge < -0.3 is 15.0 Å². The molecule has 2 aliphatic rings. The number of para-hydroxylation sites is 1. The van der Waals surface area contributed by atoms with Crippen LogP contribution >= 0.6 is 11.6 Å². The number of hydrogen-bond acceptors (Lipinski definition) is 4. The van der Waals surface area contributed by atoms with Crippen molar-refractivity contribution >= 4 is 40.4 Å². The van der Waals surface area contributed by atoms with Crippen LogP contribution in [0.4, 0.5) is 11.4 Å². The third-order valence-electron chi connectivity index (χ3n) is 5.14. The highest BCUT2D eigenvalue weighted by Gasteiger charge is 2.35. The van der Waals surface area contributed by atoms with E-state index in [0.29, 0.717) is 31.0 Å². The van der Waals surface area contributed by atoms with E-state index in [2.05, 4.69) is 5.32 Å². The summed E-state index contributed by atoms with van der Waals surface area (Å²) in [4.78, 5) is 27.4. The first kappa shape index (κ1) is 18.6. The molecule has 0 aliphatic carbocycles. The molecule has 1 fully saturated rings. The highest BCUT2D eigenvalue weighted by Crippen LogP contribution is 2.40. The molecule has 0 radical (unpaired) electrons. The SMILES string of the molecule is CCOC(=O)[C@H]1C/C(=C2/CCN(c3ccccc3)C2=O)c2ccc(Cl)cc2N1. The van der Waals surface area contributed by atoms with Gasteiger partial charge >= 0.3 is 5.97 Å². The number of carbonyl (C=O) groups is 2. The molecule has 2 aromatic carbocycles. The molecule has 6 heteroatoms. The quantitative estimate of drug-likeness (QED) is 0.621. The molecule has 1 saturated heterocycles. The van der Waals surface area contributed by atoms with Gasteiger partial charge in [-0.1, -0.05) is 35.9 Å². The van der Waals surface area contributed by atoms with Crippen LogP contribution in [0.3, 0.4) is 0 Å². The Balaban J connectivity index is 1.75. The maximum Gasteiger partial charge on any atom is 0.328 e. The molecule has 0 bridgehead atoms. The molecule has 0 unspecified atom stereocenters. The molecule has 0 saturated carbocycles. The minimum atomic E-state index is -0.535. The van der Waals surface area contributed by atoms with Crippen molar-refractivity contribution in [2.24, 2.45) is 0 Å². The van der Waals surface area contributed by atoms with Crippen molar-refractivity contribution in [1.82, 2.24) is 0 Å². The van der Waals surface area contributed by atoms with Gasteiger partial charge in [-0.25, -0.2) is 4.79 Å². The number of halogens is 1. The number of benzene rings is 2. The van der Waals surface area contributed by atoms with E-state index in [4.69, 9.17) is 16.3 Å². The lowest BCUT2D eigenvalue weighted by atomic mass is 9.88. The fourth-order valence-electron chi connectivity index (χ4n) is 3.85. The molecule has 1 N–H and O–H groups in total. The number of nitrogens with one attached hydrogen (secondary N) is 1. The monoisotopic (exact) mass is 396 g/mol. The maximum absolute atomic E-state index is 13.2. The van der Waals surface area contributed by atoms with E-state index in [0.717, 1.165) is 28.1 Å². The fraction of sp³-hybridized carbons (Fsp3) is 0.273. The zero-order chi connectivity index (χ0) is 19.7. The zero-order valence-electron chi connectivity index (χ0n) is 15.6. The largest absolute Gasteiger partial charge is 0.464 e. The second kappa shape index (κ2) is 7.68. The lowest BCUT2D eigenvalue weighted by Crippen LogP contribution is -2.35. The van der Waals surface area contributed by atoms with Gasteiger partial charge in [0.2, 0.25) is 0 Å². The van der Waals surface area contributed by atoms with Gasteiger partial charge in [0, 0.05) is 40.5 Å². The number of ether oxygens (including phenoxy) is 1. The second-order valence-electron chi connectivity index (χ2n) is 6.84. The standard InChI is InChI=1S/C22H21ClN2O3/c1-2-28-22(27)20-13-18(16-9-8-14(23)12-19(16)24-20)17-10-11-25(21(17)26)15-6-4-3-5-7-15/h3-9,12,20,24H,2,10-11,13H2,1H3/b18-17+/t20-/m1/s1. The molecular weight excluding hydrogens is 376 g/mol. The Morgan fingerprint density at radius 3 is 2.75 bits per heavy atom. The normalized spacial score (nSPS) is 21.3. The van der Waals surface area contributed by atoms with Crippen molar-refractivity contribution in [3.8, 4) is 0 Å². The van der Waals surface area contributed by atoms with Crippen molar-refractivity contribution in [3.63, 3.8) is 0 Å². The summed E-state index contributed by atoms with van der Waals surface area (Å²) in [5, 5.41) is 3.79. The molecule has 2 heterocycles. The Kier molecular flexibility index (Phi) is 5.09. The lowest BCUT2D eigenvalue weighted by molar-refractivity contribution is -0.144. The topological polar surface area (TPSA) is 58.6 Å². The summed E-state index contributed by atoms with van der Waals surface area (Å²) in [6, 6.07) is 14.6. The molecule has 5 nitrogen and oxygen atoms in total. The molecule has 0 spiro atoms. The molecule has 2 aromatic rings. The third-order valence-corrected chi connectivity index (χ3v) is 5.37. The first-order chi connectivity index (χ1) is 13.6. The summed E-state index contributed by atoms with van der Waals surface area (Å²) in [5.74, 6) is -0.330. The zero-order valence-corrected chi connectivity index (χ0v) is 16.3. The Morgan fingerprint density at radius 2 is 2.00 bits per heavy atom. The Bertz CT molecular complexity index is 956. The average molecular weight is 397 g/mol. The van der Waals surface area contributed by atoms with Gasteiger partial charge in [0.15, 0.2) is 0 Å². The highest BCUT2D eigenvalue weighted by atomic mass is 35.5. The first-order valence-electron chi connectivity index (χ1n) is 9.40. The molecular formula is C22H21ClN2O3. The summed E-state index contributed by atoms with van der Waals surface area (Å²) >= 11 is 6.16. The van der Waals surface area contributed by atoms with Gasteiger partial charge in [-0.3, -0.25) is 4.79 Å². The number of amides is 1. The molecule has 144 valence electrons. The third kappa shape index (κ3) is 3.38. The maximum atomic E-state index is 13.2. The van der Waals surface area contributed by atoms with Crippen LogP contribution < -0.4 is 10.2 Å². The molecule has 28 heavy (non-hydrogen) atoms. The van der Waals surface area contributed by atoms with E-state index in [1.165, 1.54) is 0 Å². The van der Waals surface area contributed by atoms with Gasteiger partial charge in [0.1, 0.15) is 6.04 Å². The first-order valence-corrected chi connectivity index (χ1v) is 9.78. The minimum Gasteiger partial charge on any atom is -0.464 e. The van der Waals surface area contributed by atoms with Crippen LogP contribution in [0.15, 0.2) is 54.1 Å². The fourth-order valence-corrected chi connectivity index (χ4v) is 4.02. The van der Waals surface area contributed by atoms with Crippen LogP contribution in [0, 0.1) is 0 Å². The van der Waals surface area contributed by atoms with E-state index in [9.17, 15) is 9.59 Å². The second-order valence-corrected chi connectivity index (χ2v) is 7.28. The van der Waals surface area contributed by atoms with Crippen LogP contribution in [0.25, 0.3) is 5.57 Å². The number of anilines is 2. The van der Waals surface area contributed by atoms with Crippen molar-refractivity contribution in [2.75, 3.05) is 23.4 Å². The van der Waals surface area contributed by atoms with Crippen LogP contribution in [-0.4, -0.2) is 31.1 Å². The number of esters is 1. The number of nitrogens with zero attached hydrogens (tertiary/aromatic N) is 1. The van der Waals surface area contributed by atoms with Gasteiger partial charge in [-0.05, 0) is 43.2 Å². The van der Waals surface area contributed by atoms with Gasteiger partial charge in [-0.2, -0.15) is 0 Å². The predicted molar refractivity (Wildman–Crippen MR) is 110 cm³/mol. The summed E-state index contributed by atoms with van der Waals surface area (Å²) in [5.41, 5.74) is 4.21. The van der Waals surface area contributed by atoms with E-state index in [1.54, 1.807) is 17.9 Å². The Labute approximate surface area is 168 Å². The predicted octanol–water partition coefficient (Wildman–Crippen LogP) is 4.28. The van der Waals surface area contributed by atoms with Crippen LogP contribution in [0.1, 0.15) is 25.3 Å². The number of rotatable bonds is 3. The van der Waals surface area contributed by atoms with Crippen molar-refractivity contribution in [1.29, 1.82) is 0 Å². The molecule has 1 amide bonds. The highest BCUT2D eigenvalue weighted by molar-refractivity contribution is 6.31. The lowest BCUT2D eigenvalue weighted by Gasteiger charge is -2.29. The van der Waals surface area contributed by atoms with Gasteiger partial charge in [0.25, 0.3) is 5.91 Å². The van der Waals surface area contributed by atoms with Crippen LogP contribution in [-0.2, 0) is 14.3 Å². The molecule has 4 rings (SSSR count). The Morgan fingerprint density at radius 1 is 1.21 bits per heavy atom. The van der Waals surface area contributed by atoms with Crippen molar-refractivity contribution in [2.45, 2.75) is 25.8 Å². The number of fused-ring (bicyclic) bond motifs is 1. The molecule has 2 aliphatic heterocycles. The van der Waals surface area contributed by atoms with Crippen LogP contribution in [0.5, 0.6) is 0 Å². The Hall–Kier alpha value is -2.79. The van der Waals surface area contributed by atoms with Crippen molar-refractivity contribution < 1.29 is 14.3 Å². The van der Waals surface area contributed by atoms with Gasteiger partial charge in [-0.15, -0.1) is 0 Å². The van der Waals surface area contributed by atoms with E-state index in [-0.39, 0.29) is 11.9 Å². The average Bonchev–Trinajstić information content (AvgIpc) is 3.09. The summed E-state index contributed by atoms with van der Waals surface area (Å²) in [7, 11) is 0. The van der Waals surface area contributed by atoms with E-state index < -0.39 is 6.04 Å². The van der Waals surface area contributed by atoms with E-state index in [1.807, 2.05) is 42.5 Å². The van der Waals surface area contributed by atoms with Crippen molar-refractivity contribution in [3.05, 3.63) is 64.7 Å². The smallest absolute Gasteiger partial charge is 0.328 e.